The Bertz CT molecular complexity index is 166. The van der Waals surface area contributed by atoms with Crippen LogP contribution in [-0.4, -0.2) is 36.9 Å². The molecule has 0 spiro atoms. The van der Waals surface area contributed by atoms with E-state index in [0.717, 1.165) is 0 Å². The van der Waals surface area contributed by atoms with Crippen molar-refractivity contribution >= 4 is 11.9 Å². The molecule has 0 fully saturated rings. The minimum absolute atomic E-state index is 0.131. The molecule has 0 bridgehead atoms. The van der Waals surface area contributed by atoms with Crippen LogP contribution < -0.4 is 0 Å². The summed E-state index contributed by atoms with van der Waals surface area (Å²) < 4.78 is 9.17. The molecule has 0 aromatic heterocycles. The SMILES string of the molecule is CCOCCCC(=O)OC(=O)CO. The molecule has 5 nitrogen and oxygen atoms in total. The number of hydrogen-bond donors (Lipinski definition) is 1. The van der Waals surface area contributed by atoms with Crippen LogP contribution >= 0.6 is 0 Å². The Kier molecular flexibility index (Phi) is 7.14. The van der Waals surface area contributed by atoms with Crippen molar-refractivity contribution in [2.75, 3.05) is 19.8 Å². The van der Waals surface area contributed by atoms with Crippen molar-refractivity contribution in [1.82, 2.24) is 0 Å². The van der Waals surface area contributed by atoms with Gasteiger partial charge in [-0.2, -0.15) is 0 Å². The fraction of sp³-hybridized carbons (Fsp3) is 0.750. The van der Waals surface area contributed by atoms with Crippen LogP contribution in [0.5, 0.6) is 0 Å². The second-order valence-corrected chi connectivity index (χ2v) is 2.30. The first-order valence-electron chi connectivity index (χ1n) is 4.12. The molecule has 0 unspecified atom stereocenters. The van der Waals surface area contributed by atoms with E-state index in [0.29, 0.717) is 19.6 Å². The average molecular weight is 190 g/mol. The zero-order chi connectivity index (χ0) is 10.1. The van der Waals surface area contributed by atoms with Gasteiger partial charge in [-0.3, -0.25) is 4.79 Å². The molecular weight excluding hydrogens is 176 g/mol. The Morgan fingerprint density at radius 1 is 1.31 bits per heavy atom. The van der Waals surface area contributed by atoms with Gasteiger partial charge in [-0.1, -0.05) is 0 Å². The zero-order valence-corrected chi connectivity index (χ0v) is 7.62. The normalized spacial score (nSPS) is 9.69. The van der Waals surface area contributed by atoms with Crippen LogP contribution in [0.4, 0.5) is 0 Å². The van der Waals surface area contributed by atoms with Crippen LogP contribution in [0.15, 0.2) is 0 Å². The molecule has 0 rings (SSSR count). The Morgan fingerprint density at radius 3 is 2.54 bits per heavy atom. The molecule has 0 aromatic carbocycles. The lowest BCUT2D eigenvalue weighted by molar-refractivity contribution is -0.161. The third kappa shape index (κ3) is 7.42. The van der Waals surface area contributed by atoms with Crippen molar-refractivity contribution in [3.8, 4) is 0 Å². The quantitative estimate of drug-likeness (QED) is 0.358. The number of esters is 2. The third-order valence-electron chi connectivity index (χ3n) is 1.23. The lowest BCUT2D eigenvalue weighted by Crippen LogP contribution is -2.15. The van der Waals surface area contributed by atoms with E-state index >= 15 is 0 Å². The highest BCUT2D eigenvalue weighted by molar-refractivity contribution is 5.85. The summed E-state index contributed by atoms with van der Waals surface area (Å²) in [5, 5.41) is 8.24. The molecular formula is C8H14O5. The fourth-order valence-electron chi connectivity index (χ4n) is 0.673. The molecule has 0 aliphatic heterocycles. The first-order chi connectivity index (χ1) is 6.20. The molecule has 76 valence electrons. The Labute approximate surface area is 76.6 Å². The Morgan fingerprint density at radius 2 is 2.00 bits per heavy atom. The van der Waals surface area contributed by atoms with Gasteiger partial charge in [-0.25, -0.2) is 4.79 Å². The Hall–Kier alpha value is -0.940. The zero-order valence-electron chi connectivity index (χ0n) is 7.62. The number of carbonyl (C=O) groups is 2. The first kappa shape index (κ1) is 12.1. The molecule has 0 aliphatic rings. The van der Waals surface area contributed by atoms with E-state index < -0.39 is 18.5 Å². The molecule has 0 aliphatic carbocycles. The summed E-state index contributed by atoms with van der Waals surface area (Å²) in [4.78, 5) is 21.2. The van der Waals surface area contributed by atoms with Crippen molar-refractivity contribution in [3.63, 3.8) is 0 Å². The molecule has 0 saturated carbocycles. The largest absolute Gasteiger partial charge is 0.391 e. The number of aliphatic hydroxyl groups excluding tert-OH is 1. The highest BCUT2D eigenvalue weighted by atomic mass is 16.6. The van der Waals surface area contributed by atoms with Crippen molar-refractivity contribution in [3.05, 3.63) is 0 Å². The Balaban J connectivity index is 3.35. The lowest BCUT2D eigenvalue weighted by Gasteiger charge is -2.01. The van der Waals surface area contributed by atoms with E-state index in [2.05, 4.69) is 4.74 Å². The van der Waals surface area contributed by atoms with Crippen LogP contribution in [0.1, 0.15) is 19.8 Å². The van der Waals surface area contributed by atoms with Crippen LogP contribution in [0.3, 0.4) is 0 Å². The highest BCUT2D eigenvalue weighted by Gasteiger charge is 2.07. The van der Waals surface area contributed by atoms with Gasteiger partial charge in [0.05, 0.1) is 0 Å². The number of rotatable bonds is 6. The molecule has 5 heteroatoms. The molecule has 0 radical (unpaired) electrons. The summed E-state index contributed by atoms with van der Waals surface area (Å²) in [6.07, 6.45) is 0.650. The van der Waals surface area contributed by atoms with Crippen molar-refractivity contribution in [2.24, 2.45) is 0 Å². The predicted octanol–water partition coefficient (Wildman–Crippen LogP) is -0.135. The minimum atomic E-state index is -0.915. The second-order valence-electron chi connectivity index (χ2n) is 2.30. The number of carbonyl (C=O) groups excluding carboxylic acids is 2. The van der Waals surface area contributed by atoms with E-state index in [1.165, 1.54) is 0 Å². The van der Waals surface area contributed by atoms with Crippen molar-refractivity contribution in [1.29, 1.82) is 0 Å². The summed E-state index contributed by atoms with van der Waals surface area (Å²) in [6, 6.07) is 0. The van der Waals surface area contributed by atoms with Crippen LogP contribution in [0.25, 0.3) is 0 Å². The molecule has 0 aromatic rings. The van der Waals surface area contributed by atoms with E-state index in [-0.39, 0.29) is 6.42 Å². The monoisotopic (exact) mass is 190 g/mol. The maximum Gasteiger partial charge on any atom is 0.339 e. The van der Waals surface area contributed by atoms with Gasteiger partial charge in [-0.15, -0.1) is 0 Å². The molecule has 13 heavy (non-hydrogen) atoms. The van der Waals surface area contributed by atoms with Crippen LogP contribution in [-0.2, 0) is 19.1 Å². The summed E-state index contributed by atoms with van der Waals surface area (Å²) in [5.41, 5.74) is 0. The van der Waals surface area contributed by atoms with Gasteiger partial charge in [0.2, 0.25) is 0 Å². The fourth-order valence-corrected chi connectivity index (χ4v) is 0.673. The topological polar surface area (TPSA) is 72.8 Å². The lowest BCUT2D eigenvalue weighted by atomic mass is 10.3. The summed E-state index contributed by atoms with van der Waals surface area (Å²) in [7, 11) is 0. The van der Waals surface area contributed by atoms with Crippen LogP contribution in [0, 0.1) is 0 Å². The number of aliphatic hydroxyl groups is 1. The van der Waals surface area contributed by atoms with Gasteiger partial charge < -0.3 is 14.6 Å². The maximum absolute atomic E-state index is 10.8. The van der Waals surface area contributed by atoms with E-state index in [1.807, 2.05) is 6.92 Å². The van der Waals surface area contributed by atoms with E-state index in [4.69, 9.17) is 9.84 Å². The second kappa shape index (κ2) is 7.70. The highest BCUT2D eigenvalue weighted by Crippen LogP contribution is 1.94. The third-order valence-corrected chi connectivity index (χ3v) is 1.23. The molecule has 0 saturated heterocycles. The van der Waals surface area contributed by atoms with Gasteiger partial charge in [0.15, 0.2) is 0 Å². The van der Waals surface area contributed by atoms with Gasteiger partial charge >= 0.3 is 11.9 Å². The van der Waals surface area contributed by atoms with Crippen LogP contribution in [0.2, 0.25) is 0 Å². The summed E-state index contributed by atoms with van der Waals surface area (Å²) >= 11 is 0. The first-order valence-corrected chi connectivity index (χ1v) is 4.12. The van der Waals surface area contributed by atoms with Gasteiger partial charge in [0.1, 0.15) is 6.61 Å². The number of ether oxygens (including phenoxy) is 2. The van der Waals surface area contributed by atoms with E-state index in [9.17, 15) is 9.59 Å². The molecule has 0 amide bonds. The van der Waals surface area contributed by atoms with Crippen molar-refractivity contribution < 1.29 is 24.2 Å². The standard InChI is InChI=1S/C8H14O5/c1-2-12-5-3-4-7(10)13-8(11)6-9/h9H,2-6H2,1H3. The summed E-state index contributed by atoms with van der Waals surface area (Å²) in [6.45, 7) is 2.16. The predicted molar refractivity (Wildman–Crippen MR) is 43.9 cm³/mol. The average Bonchev–Trinajstić information content (AvgIpc) is 2.12. The molecule has 1 N–H and O–H groups in total. The number of hydrogen-bond acceptors (Lipinski definition) is 5. The smallest absolute Gasteiger partial charge is 0.339 e. The van der Waals surface area contributed by atoms with Crippen molar-refractivity contribution in [2.45, 2.75) is 19.8 Å². The summed E-state index contributed by atoms with van der Waals surface area (Å²) in [5.74, 6) is -1.54. The van der Waals surface area contributed by atoms with Gasteiger partial charge in [-0.05, 0) is 13.3 Å². The van der Waals surface area contributed by atoms with Gasteiger partial charge in [0, 0.05) is 19.6 Å². The van der Waals surface area contributed by atoms with Gasteiger partial charge in [0.25, 0.3) is 0 Å². The molecule has 0 heterocycles. The van der Waals surface area contributed by atoms with E-state index in [1.54, 1.807) is 0 Å². The minimum Gasteiger partial charge on any atom is -0.391 e. The molecule has 0 atom stereocenters. The maximum atomic E-state index is 10.8.